The molecule has 1 aliphatic carbocycles. The minimum atomic E-state index is -0.385. The predicted octanol–water partition coefficient (Wildman–Crippen LogP) is 2.32. The Labute approximate surface area is 107 Å². The maximum Gasteiger partial charge on any atom is 0.331 e. The van der Waals surface area contributed by atoms with Crippen LogP contribution in [0.4, 0.5) is 0 Å². The van der Waals surface area contributed by atoms with Crippen molar-refractivity contribution >= 4 is 5.97 Å². The topological polar surface area (TPSA) is 44.8 Å². The second-order valence-electron chi connectivity index (χ2n) is 5.61. The van der Waals surface area contributed by atoms with E-state index in [9.17, 15) is 4.79 Å². The predicted molar refractivity (Wildman–Crippen MR) is 64.9 cm³/mol. The Morgan fingerprint density at radius 2 is 2.00 bits per heavy atom. The Hall–Kier alpha value is -0.870. The highest BCUT2D eigenvalue weighted by molar-refractivity contribution is 5.83. The van der Waals surface area contributed by atoms with Crippen LogP contribution in [0.15, 0.2) is 11.6 Å². The van der Waals surface area contributed by atoms with Gasteiger partial charge in [0, 0.05) is 25.3 Å². The summed E-state index contributed by atoms with van der Waals surface area (Å²) in [5.74, 6) is -0.637. The van der Waals surface area contributed by atoms with Crippen molar-refractivity contribution in [3.8, 4) is 0 Å². The van der Waals surface area contributed by atoms with E-state index in [-0.39, 0.29) is 24.0 Å². The van der Waals surface area contributed by atoms with Gasteiger partial charge in [-0.05, 0) is 19.8 Å². The van der Waals surface area contributed by atoms with E-state index in [4.69, 9.17) is 14.2 Å². The quantitative estimate of drug-likeness (QED) is 0.672. The molecular formula is C14H20O4. The molecule has 0 N–H and O–H groups in total. The van der Waals surface area contributed by atoms with E-state index in [1.807, 2.05) is 6.92 Å². The molecule has 2 aliphatic heterocycles. The molecule has 0 aromatic carbocycles. The van der Waals surface area contributed by atoms with Crippen LogP contribution in [0.5, 0.6) is 0 Å². The number of carbonyl (C=O) groups excluding carboxylic acids is 1. The molecule has 0 aromatic rings. The van der Waals surface area contributed by atoms with Crippen LogP contribution in [0.25, 0.3) is 0 Å². The molecule has 2 atom stereocenters. The first-order chi connectivity index (χ1) is 8.67. The molecule has 4 heteroatoms. The van der Waals surface area contributed by atoms with Crippen molar-refractivity contribution < 1.29 is 19.0 Å². The Balaban J connectivity index is 1.65. The first-order valence-electron chi connectivity index (χ1n) is 6.86. The van der Waals surface area contributed by atoms with Crippen LogP contribution < -0.4 is 0 Å². The van der Waals surface area contributed by atoms with Gasteiger partial charge in [0.25, 0.3) is 0 Å². The summed E-state index contributed by atoms with van der Waals surface area (Å²) in [6, 6.07) is 0. The summed E-state index contributed by atoms with van der Waals surface area (Å²) in [6.07, 6.45) is 7.57. The highest BCUT2D eigenvalue weighted by atomic mass is 16.8. The van der Waals surface area contributed by atoms with Crippen molar-refractivity contribution in [3.63, 3.8) is 0 Å². The van der Waals surface area contributed by atoms with Crippen LogP contribution in [0.2, 0.25) is 0 Å². The third kappa shape index (κ3) is 2.31. The van der Waals surface area contributed by atoms with Crippen LogP contribution in [-0.4, -0.2) is 30.6 Å². The van der Waals surface area contributed by atoms with Crippen molar-refractivity contribution in [2.75, 3.05) is 6.61 Å². The Morgan fingerprint density at radius 3 is 2.72 bits per heavy atom. The van der Waals surface area contributed by atoms with E-state index in [2.05, 4.69) is 0 Å². The van der Waals surface area contributed by atoms with E-state index >= 15 is 0 Å². The minimum Gasteiger partial charge on any atom is -0.456 e. The van der Waals surface area contributed by atoms with Crippen LogP contribution in [0.1, 0.15) is 45.4 Å². The number of hydrogen-bond acceptors (Lipinski definition) is 4. The largest absolute Gasteiger partial charge is 0.456 e. The fraction of sp³-hybridized carbons (Fsp3) is 0.786. The molecule has 1 saturated heterocycles. The molecule has 0 amide bonds. The summed E-state index contributed by atoms with van der Waals surface area (Å²) < 4.78 is 17.3. The number of esters is 1. The summed E-state index contributed by atoms with van der Waals surface area (Å²) in [6.45, 7) is 2.50. The van der Waals surface area contributed by atoms with Crippen molar-refractivity contribution in [1.82, 2.24) is 0 Å². The molecule has 18 heavy (non-hydrogen) atoms. The lowest BCUT2D eigenvalue weighted by Crippen LogP contribution is -2.38. The van der Waals surface area contributed by atoms with Gasteiger partial charge in [-0.3, -0.25) is 0 Å². The third-order valence-corrected chi connectivity index (χ3v) is 4.06. The van der Waals surface area contributed by atoms with E-state index in [0.717, 1.165) is 37.7 Å². The lowest BCUT2D eigenvalue weighted by Gasteiger charge is -2.33. The average Bonchev–Trinajstić information content (AvgIpc) is 2.73. The number of ether oxygens (including phenoxy) is 3. The summed E-state index contributed by atoms with van der Waals surface area (Å²) >= 11 is 0. The Bertz CT molecular complexity index is 368. The van der Waals surface area contributed by atoms with Gasteiger partial charge in [-0.15, -0.1) is 0 Å². The van der Waals surface area contributed by atoms with E-state index in [0.29, 0.717) is 6.61 Å². The molecule has 1 saturated carbocycles. The number of cyclic esters (lactones) is 1. The van der Waals surface area contributed by atoms with Gasteiger partial charge in [0.05, 0.1) is 6.61 Å². The molecule has 0 bridgehead atoms. The fourth-order valence-corrected chi connectivity index (χ4v) is 3.12. The van der Waals surface area contributed by atoms with Gasteiger partial charge in [0.2, 0.25) is 0 Å². The van der Waals surface area contributed by atoms with Crippen molar-refractivity contribution in [1.29, 1.82) is 0 Å². The fourth-order valence-electron chi connectivity index (χ4n) is 3.12. The van der Waals surface area contributed by atoms with Gasteiger partial charge < -0.3 is 14.2 Å². The molecule has 1 spiro atoms. The van der Waals surface area contributed by atoms with Gasteiger partial charge in [-0.25, -0.2) is 4.79 Å². The molecular weight excluding hydrogens is 232 g/mol. The molecule has 0 aromatic heterocycles. The zero-order valence-electron chi connectivity index (χ0n) is 10.8. The minimum absolute atomic E-state index is 0.101. The van der Waals surface area contributed by atoms with Crippen LogP contribution in [-0.2, 0) is 19.0 Å². The molecule has 3 aliphatic rings. The standard InChI is InChI=1S/C14H20O4/c1-10-7-11(17-13(15)8-10)12-9-16-14(18-12)5-3-2-4-6-14/h8,11-12H,2-7,9H2,1H3/t11-,12+/m0/s1. The van der Waals surface area contributed by atoms with Gasteiger partial charge in [0.1, 0.15) is 12.2 Å². The number of hydrogen-bond donors (Lipinski definition) is 0. The maximum atomic E-state index is 11.4. The monoisotopic (exact) mass is 252 g/mol. The van der Waals surface area contributed by atoms with Gasteiger partial charge >= 0.3 is 5.97 Å². The summed E-state index contributed by atoms with van der Waals surface area (Å²) in [5.41, 5.74) is 1.06. The van der Waals surface area contributed by atoms with Crippen molar-refractivity contribution in [2.24, 2.45) is 0 Å². The number of rotatable bonds is 1. The molecule has 2 fully saturated rings. The van der Waals surface area contributed by atoms with Crippen LogP contribution in [0.3, 0.4) is 0 Å². The lowest BCUT2D eigenvalue weighted by molar-refractivity contribution is -0.199. The second kappa shape index (κ2) is 4.67. The Kier molecular flexibility index (Phi) is 3.16. The molecule has 2 heterocycles. The highest BCUT2D eigenvalue weighted by Gasteiger charge is 2.46. The maximum absolute atomic E-state index is 11.4. The van der Waals surface area contributed by atoms with Crippen molar-refractivity contribution in [3.05, 3.63) is 11.6 Å². The Morgan fingerprint density at radius 1 is 1.22 bits per heavy atom. The van der Waals surface area contributed by atoms with Crippen molar-refractivity contribution in [2.45, 2.75) is 63.4 Å². The molecule has 0 radical (unpaired) electrons. The molecule has 3 rings (SSSR count). The molecule has 4 nitrogen and oxygen atoms in total. The molecule has 100 valence electrons. The molecule has 0 unspecified atom stereocenters. The van der Waals surface area contributed by atoms with E-state index < -0.39 is 0 Å². The second-order valence-corrected chi connectivity index (χ2v) is 5.61. The SMILES string of the molecule is CC1=CC(=O)O[C@H]([C@H]2COC3(CCCCC3)O2)C1. The van der Waals surface area contributed by atoms with Gasteiger partial charge in [0.15, 0.2) is 5.79 Å². The summed E-state index contributed by atoms with van der Waals surface area (Å²) in [7, 11) is 0. The van der Waals surface area contributed by atoms with Gasteiger partial charge in [-0.2, -0.15) is 0 Å². The van der Waals surface area contributed by atoms with E-state index in [1.54, 1.807) is 6.08 Å². The normalized spacial score (nSPS) is 35.4. The average molecular weight is 252 g/mol. The third-order valence-electron chi connectivity index (χ3n) is 4.06. The first-order valence-corrected chi connectivity index (χ1v) is 6.86. The van der Waals surface area contributed by atoms with E-state index in [1.165, 1.54) is 6.42 Å². The zero-order valence-corrected chi connectivity index (χ0v) is 10.8. The van der Waals surface area contributed by atoms with Crippen LogP contribution in [0, 0.1) is 0 Å². The lowest BCUT2D eigenvalue weighted by atomic mass is 9.94. The first kappa shape index (κ1) is 12.2. The van der Waals surface area contributed by atoms with Crippen LogP contribution >= 0.6 is 0 Å². The summed E-state index contributed by atoms with van der Waals surface area (Å²) in [5, 5.41) is 0. The van der Waals surface area contributed by atoms with Gasteiger partial charge in [-0.1, -0.05) is 12.0 Å². The summed E-state index contributed by atoms with van der Waals surface area (Å²) in [4.78, 5) is 11.4. The zero-order chi connectivity index (χ0) is 12.6. The smallest absolute Gasteiger partial charge is 0.331 e. The number of carbonyl (C=O) groups is 1. The highest BCUT2D eigenvalue weighted by Crippen LogP contribution is 2.39.